The number of rotatable bonds is 4. The van der Waals surface area contributed by atoms with Crippen LogP contribution in [0.15, 0.2) is 12.2 Å². The number of carbonyl (C=O) groups is 1. The lowest BCUT2D eigenvalue weighted by atomic mass is 10.4. The maximum absolute atomic E-state index is 10.6. The van der Waals surface area contributed by atoms with Crippen LogP contribution in [0.4, 0.5) is 0 Å². The van der Waals surface area contributed by atoms with Crippen molar-refractivity contribution < 1.29 is 9.53 Å². The van der Waals surface area contributed by atoms with E-state index in [0.717, 1.165) is 6.42 Å². The SMILES string of the molecule is [CH2]CCOC(=O)C=CCC. The summed E-state index contributed by atoms with van der Waals surface area (Å²) in [6.07, 6.45) is 4.70. The van der Waals surface area contributed by atoms with Gasteiger partial charge in [-0.3, -0.25) is 0 Å². The topological polar surface area (TPSA) is 26.3 Å². The van der Waals surface area contributed by atoms with Crippen molar-refractivity contribution in [1.29, 1.82) is 0 Å². The van der Waals surface area contributed by atoms with E-state index in [1.807, 2.05) is 6.92 Å². The lowest BCUT2D eigenvalue weighted by Gasteiger charge is -1.95. The minimum atomic E-state index is -0.273. The summed E-state index contributed by atoms with van der Waals surface area (Å²) in [7, 11) is 0. The van der Waals surface area contributed by atoms with Crippen molar-refractivity contribution in [3.8, 4) is 0 Å². The maximum atomic E-state index is 10.6. The predicted octanol–water partition coefficient (Wildman–Crippen LogP) is 1.72. The fourth-order valence-corrected chi connectivity index (χ4v) is 0.435. The minimum Gasteiger partial charge on any atom is -0.463 e. The average Bonchev–Trinajstić information content (AvgIpc) is 1.97. The standard InChI is InChI=1S/C8H13O2/c1-3-5-6-8(9)10-7-4-2/h5-6H,2-4,7H2,1H3. The fraction of sp³-hybridized carbons (Fsp3) is 0.500. The summed E-state index contributed by atoms with van der Waals surface area (Å²) in [5.74, 6) is -0.273. The molecule has 1 radical (unpaired) electrons. The number of hydrogen-bond acceptors (Lipinski definition) is 2. The Morgan fingerprint density at radius 2 is 2.40 bits per heavy atom. The Balaban J connectivity index is 3.34. The van der Waals surface area contributed by atoms with E-state index in [-0.39, 0.29) is 5.97 Å². The van der Waals surface area contributed by atoms with Crippen LogP contribution in [0.25, 0.3) is 0 Å². The molecule has 0 aromatic heterocycles. The maximum Gasteiger partial charge on any atom is 0.330 e. The molecule has 0 unspecified atom stereocenters. The van der Waals surface area contributed by atoms with Crippen molar-refractivity contribution in [3.63, 3.8) is 0 Å². The van der Waals surface area contributed by atoms with Gasteiger partial charge in [-0.05, 0) is 19.8 Å². The van der Waals surface area contributed by atoms with Crippen LogP contribution in [-0.2, 0) is 9.53 Å². The Morgan fingerprint density at radius 1 is 1.70 bits per heavy atom. The molecule has 0 aliphatic rings. The molecule has 0 heterocycles. The van der Waals surface area contributed by atoms with Crippen LogP contribution in [0.5, 0.6) is 0 Å². The summed E-state index contributed by atoms with van der Waals surface area (Å²) in [4.78, 5) is 10.6. The van der Waals surface area contributed by atoms with Crippen LogP contribution in [0.3, 0.4) is 0 Å². The molecular weight excluding hydrogens is 128 g/mol. The first-order chi connectivity index (χ1) is 4.81. The minimum absolute atomic E-state index is 0.273. The fourth-order valence-electron chi connectivity index (χ4n) is 0.435. The zero-order chi connectivity index (χ0) is 7.82. The quantitative estimate of drug-likeness (QED) is 0.440. The van der Waals surface area contributed by atoms with Gasteiger partial charge in [0.1, 0.15) is 0 Å². The summed E-state index contributed by atoms with van der Waals surface area (Å²) >= 11 is 0. The molecule has 10 heavy (non-hydrogen) atoms. The summed E-state index contributed by atoms with van der Waals surface area (Å²) in [5, 5.41) is 0. The third-order valence-electron chi connectivity index (χ3n) is 0.878. The van der Waals surface area contributed by atoms with Crippen molar-refractivity contribution in [2.75, 3.05) is 6.61 Å². The van der Waals surface area contributed by atoms with E-state index in [1.54, 1.807) is 6.08 Å². The highest BCUT2D eigenvalue weighted by Crippen LogP contribution is 1.85. The highest BCUT2D eigenvalue weighted by atomic mass is 16.5. The number of carbonyl (C=O) groups excluding carboxylic acids is 1. The van der Waals surface area contributed by atoms with Crippen molar-refractivity contribution in [3.05, 3.63) is 19.1 Å². The highest BCUT2D eigenvalue weighted by molar-refractivity contribution is 5.81. The summed E-state index contributed by atoms with van der Waals surface area (Å²) < 4.78 is 4.70. The molecule has 0 aliphatic carbocycles. The molecule has 2 heteroatoms. The molecule has 0 saturated carbocycles. The van der Waals surface area contributed by atoms with Gasteiger partial charge in [-0.15, -0.1) is 0 Å². The Morgan fingerprint density at radius 3 is 2.90 bits per heavy atom. The average molecular weight is 141 g/mol. The second kappa shape index (κ2) is 6.33. The van der Waals surface area contributed by atoms with Crippen LogP contribution < -0.4 is 0 Å². The predicted molar refractivity (Wildman–Crippen MR) is 40.4 cm³/mol. The van der Waals surface area contributed by atoms with E-state index in [2.05, 4.69) is 6.92 Å². The van der Waals surface area contributed by atoms with E-state index in [4.69, 9.17) is 4.74 Å². The zero-order valence-corrected chi connectivity index (χ0v) is 6.30. The molecule has 0 spiro atoms. The van der Waals surface area contributed by atoms with E-state index in [9.17, 15) is 4.79 Å². The number of ether oxygens (including phenoxy) is 1. The molecule has 0 aromatic carbocycles. The van der Waals surface area contributed by atoms with Crippen LogP contribution in [-0.4, -0.2) is 12.6 Å². The molecule has 0 N–H and O–H groups in total. The van der Waals surface area contributed by atoms with Gasteiger partial charge in [-0.25, -0.2) is 4.79 Å². The summed E-state index contributed by atoms with van der Waals surface area (Å²) in [6, 6.07) is 0. The van der Waals surface area contributed by atoms with Gasteiger partial charge in [0.15, 0.2) is 0 Å². The highest BCUT2D eigenvalue weighted by Gasteiger charge is 1.91. The summed E-state index contributed by atoms with van der Waals surface area (Å²) in [6.45, 7) is 5.91. The second-order valence-corrected chi connectivity index (χ2v) is 1.83. The van der Waals surface area contributed by atoms with E-state index < -0.39 is 0 Å². The molecule has 0 atom stereocenters. The van der Waals surface area contributed by atoms with Gasteiger partial charge in [0.05, 0.1) is 6.61 Å². The van der Waals surface area contributed by atoms with Crippen LogP contribution >= 0.6 is 0 Å². The van der Waals surface area contributed by atoms with Crippen LogP contribution in [0, 0.1) is 6.92 Å². The molecule has 0 saturated heterocycles. The third kappa shape index (κ3) is 5.35. The molecule has 0 amide bonds. The van der Waals surface area contributed by atoms with Crippen LogP contribution in [0.2, 0.25) is 0 Å². The van der Waals surface area contributed by atoms with Crippen molar-refractivity contribution in [1.82, 2.24) is 0 Å². The Labute approximate surface area is 61.9 Å². The van der Waals surface area contributed by atoms with Crippen molar-refractivity contribution in [2.24, 2.45) is 0 Å². The molecule has 0 bridgehead atoms. The van der Waals surface area contributed by atoms with Gasteiger partial charge in [0.25, 0.3) is 0 Å². The van der Waals surface area contributed by atoms with E-state index in [1.165, 1.54) is 6.08 Å². The van der Waals surface area contributed by atoms with E-state index >= 15 is 0 Å². The number of hydrogen-bond donors (Lipinski definition) is 0. The van der Waals surface area contributed by atoms with Gasteiger partial charge in [0.2, 0.25) is 0 Å². The smallest absolute Gasteiger partial charge is 0.330 e. The first-order valence-corrected chi connectivity index (χ1v) is 3.43. The molecule has 0 aliphatic heterocycles. The van der Waals surface area contributed by atoms with Gasteiger partial charge >= 0.3 is 5.97 Å². The number of allylic oxidation sites excluding steroid dienone is 1. The van der Waals surface area contributed by atoms with Gasteiger partial charge in [-0.2, -0.15) is 0 Å². The first-order valence-electron chi connectivity index (χ1n) is 3.43. The molecule has 57 valence electrons. The molecule has 0 fully saturated rings. The summed E-state index contributed by atoms with van der Waals surface area (Å²) in [5.41, 5.74) is 0. The Hall–Kier alpha value is -0.790. The van der Waals surface area contributed by atoms with Crippen molar-refractivity contribution in [2.45, 2.75) is 19.8 Å². The molecular formula is C8H13O2. The first kappa shape index (κ1) is 9.21. The Bertz CT molecular complexity index is 116. The second-order valence-electron chi connectivity index (χ2n) is 1.83. The lowest BCUT2D eigenvalue weighted by molar-refractivity contribution is -0.137. The molecule has 0 rings (SSSR count). The van der Waals surface area contributed by atoms with Gasteiger partial charge in [-0.1, -0.05) is 13.0 Å². The Kier molecular flexibility index (Phi) is 5.83. The van der Waals surface area contributed by atoms with Gasteiger partial charge < -0.3 is 4.74 Å². The lowest BCUT2D eigenvalue weighted by Crippen LogP contribution is -2.00. The van der Waals surface area contributed by atoms with Gasteiger partial charge in [0, 0.05) is 6.08 Å². The molecule has 2 nitrogen and oxygen atoms in total. The van der Waals surface area contributed by atoms with Crippen molar-refractivity contribution >= 4 is 5.97 Å². The molecule has 0 aromatic rings. The third-order valence-corrected chi connectivity index (χ3v) is 0.878. The van der Waals surface area contributed by atoms with E-state index in [0.29, 0.717) is 13.0 Å². The van der Waals surface area contributed by atoms with Crippen LogP contribution in [0.1, 0.15) is 19.8 Å². The zero-order valence-electron chi connectivity index (χ0n) is 6.30. The normalized spacial score (nSPS) is 10.2. The monoisotopic (exact) mass is 141 g/mol. The largest absolute Gasteiger partial charge is 0.463 e. The number of esters is 1.